The number of carbonyl (C=O) groups excluding carboxylic acids is 1. The summed E-state index contributed by atoms with van der Waals surface area (Å²) in [7, 11) is 0. The number of unbranched alkanes of at least 4 members (excludes halogenated alkanes) is 16. The molecule has 0 aromatic carbocycles. The van der Waals surface area contributed by atoms with Gasteiger partial charge in [-0.3, -0.25) is 4.79 Å². The monoisotopic (exact) mass is 452 g/mol. The molecule has 0 spiro atoms. The fourth-order valence-electron chi connectivity index (χ4n) is 4.61. The van der Waals surface area contributed by atoms with Crippen molar-refractivity contribution in [3.05, 3.63) is 0 Å². The van der Waals surface area contributed by atoms with E-state index in [1.165, 1.54) is 128 Å². The smallest absolute Gasteiger partial charge is 0.308 e. The summed E-state index contributed by atoms with van der Waals surface area (Å²) < 4.78 is 5.80. The third-order valence-electron chi connectivity index (χ3n) is 7.04. The number of rotatable bonds is 25. The second kappa shape index (κ2) is 25.1. The highest BCUT2D eigenvalue weighted by Crippen LogP contribution is 2.21. The molecule has 0 saturated carbocycles. The molecule has 0 bridgehead atoms. The molecule has 0 radical (unpaired) electrons. The average molecular weight is 453 g/mol. The molecule has 2 unspecified atom stereocenters. The van der Waals surface area contributed by atoms with E-state index in [1.807, 2.05) is 0 Å². The minimum Gasteiger partial charge on any atom is -0.465 e. The van der Waals surface area contributed by atoms with E-state index in [2.05, 4.69) is 27.7 Å². The summed E-state index contributed by atoms with van der Waals surface area (Å²) in [5.74, 6) is 0.679. The maximum atomic E-state index is 12.5. The Hall–Kier alpha value is -0.530. The SMILES string of the molecule is CCCCCCCCCCCCC(CCCCCC)COC(=O)C(C)CCCCCCC. The lowest BCUT2D eigenvalue weighted by atomic mass is 9.94. The van der Waals surface area contributed by atoms with E-state index in [0.717, 1.165) is 12.8 Å². The Bertz CT molecular complexity index is 379. The molecule has 0 N–H and O–H groups in total. The lowest BCUT2D eigenvalue weighted by molar-refractivity contribution is -0.149. The maximum Gasteiger partial charge on any atom is 0.308 e. The Morgan fingerprint density at radius 2 is 0.875 bits per heavy atom. The van der Waals surface area contributed by atoms with E-state index in [0.29, 0.717) is 12.5 Å². The zero-order valence-corrected chi connectivity index (χ0v) is 22.7. The van der Waals surface area contributed by atoms with Crippen LogP contribution in [0.15, 0.2) is 0 Å². The molecule has 0 amide bonds. The zero-order valence-electron chi connectivity index (χ0n) is 22.7. The van der Waals surface area contributed by atoms with Crippen molar-refractivity contribution in [1.29, 1.82) is 0 Å². The van der Waals surface area contributed by atoms with Crippen molar-refractivity contribution in [2.45, 2.75) is 169 Å². The van der Waals surface area contributed by atoms with Crippen molar-refractivity contribution in [2.24, 2.45) is 11.8 Å². The Morgan fingerprint density at radius 3 is 1.31 bits per heavy atom. The molecule has 2 heteroatoms. The van der Waals surface area contributed by atoms with Crippen molar-refractivity contribution in [1.82, 2.24) is 0 Å². The van der Waals surface area contributed by atoms with Crippen LogP contribution in [-0.4, -0.2) is 12.6 Å². The number of hydrogen-bond donors (Lipinski definition) is 0. The molecule has 2 atom stereocenters. The first kappa shape index (κ1) is 31.5. The normalized spacial score (nSPS) is 13.2. The van der Waals surface area contributed by atoms with Crippen LogP contribution in [0.2, 0.25) is 0 Å². The molecule has 0 aliphatic rings. The van der Waals surface area contributed by atoms with E-state index in [-0.39, 0.29) is 11.9 Å². The van der Waals surface area contributed by atoms with Gasteiger partial charge < -0.3 is 4.74 Å². The lowest BCUT2D eigenvalue weighted by Crippen LogP contribution is -2.20. The van der Waals surface area contributed by atoms with E-state index in [1.54, 1.807) is 0 Å². The van der Waals surface area contributed by atoms with Crippen LogP contribution in [0.5, 0.6) is 0 Å². The van der Waals surface area contributed by atoms with Crippen LogP contribution in [-0.2, 0) is 9.53 Å². The molecule has 0 aliphatic heterocycles. The summed E-state index contributed by atoms with van der Waals surface area (Å²) in [5.41, 5.74) is 0. The van der Waals surface area contributed by atoms with E-state index >= 15 is 0 Å². The molecule has 192 valence electrons. The average Bonchev–Trinajstić information content (AvgIpc) is 2.80. The highest BCUT2D eigenvalue weighted by atomic mass is 16.5. The highest BCUT2D eigenvalue weighted by Gasteiger charge is 2.17. The Kier molecular flexibility index (Phi) is 24.7. The standard InChI is InChI=1S/C30H60O2/c1-5-8-11-14-15-16-17-18-20-23-26-29(25-22-13-10-7-3)27-32-30(31)28(4)24-21-19-12-9-6-2/h28-29H,5-27H2,1-4H3. The van der Waals surface area contributed by atoms with Crippen molar-refractivity contribution in [3.63, 3.8) is 0 Å². The minimum atomic E-state index is 0.0436. The van der Waals surface area contributed by atoms with Crippen LogP contribution in [0, 0.1) is 11.8 Å². The highest BCUT2D eigenvalue weighted by molar-refractivity contribution is 5.71. The largest absolute Gasteiger partial charge is 0.465 e. The van der Waals surface area contributed by atoms with E-state index in [9.17, 15) is 4.79 Å². The molecule has 0 saturated heterocycles. The molecule has 2 nitrogen and oxygen atoms in total. The van der Waals surface area contributed by atoms with E-state index < -0.39 is 0 Å². The van der Waals surface area contributed by atoms with E-state index in [4.69, 9.17) is 4.74 Å². The maximum absolute atomic E-state index is 12.5. The van der Waals surface area contributed by atoms with Gasteiger partial charge in [-0.05, 0) is 25.2 Å². The van der Waals surface area contributed by atoms with Gasteiger partial charge in [0.1, 0.15) is 0 Å². The molecule has 32 heavy (non-hydrogen) atoms. The van der Waals surface area contributed by atoms with Gasteiger partial charge in [0.05, 0.1) is 12.5 Å². The summed E-state index contributed by atoms with van der Waals surface area (Å²) in [6.45, 7) is 9.51. The van der Waals surface area contributed by atoms with Gasteiger partial charge in [-0.2, -0.15) is 0 Å². The summed E-state index contributed by atoms with van der Waals surface area (Å²) in [4.78, 5) is 12.5. The van der Waals surface area contributed by atoms with Crippen molar-refractivity contribution in [3.8, 4) is 0 Å². The van der Waals surface area contributed by atoms with Crippen molar-refractivity contribution >= 4 is 5.97 Å². The second-order valence-corrected chi connectivity index (χ2v) is 10.4. The number of hydrogen-bond acceptors (Lipinski definition) is 2. The summed E-state index contributed by atoms with van der Waals surface area (Å²) >= 11 is 0. The topological polar surface area (TPSA) is 26.3 Å². The molecular weight excluding hydrogens is 392 g/mol. The first-order valence-corrected chi connectivity index (χ1v) is 14.8. The van der Waals surface area contributed by atoms with Gasteiger partial charge in [0.25, 0.3) is 0 Å². The van der Waals surface area contributed by atoms with Crippen LogP contribution in [0.3, 0.4) is 0 Å². The van der Waals surface area contributed by atoms with Gasteiger partial charge in [-0.15, -0.1) is 0 Å². The third-order valence-corrected chi connectivity index (χ3v) is 7.04. The Balaban J connectivity index is 4.02. The third kappa shape index (κ3) is 21.3. The van der Waals surface area contributed by atoms with Crippen molar-refractivity contribution < 1.29 is 9.53 Å². The van der Waals surface area contributed by atoms with Crippen LogP contribution in [0.25, 0.3) is 0 Å². The number of esters is 1. The molecular formula is C30H60O2. The van der Waals surface area contributed by atoms with Crippen LogP contribution in [0.4, 0.5) is 0 Å². The minimum absolute atomic E-state index is 0.0436. The van der Waals surface area contributed by atoms with Gasteiger partial charge in [-0.25, -0.2) is 0 Å². The lowest BCUT2D eigenvalue weighted by Gasteiger charge is -2.19. The molecule has 0 aliphatic carbocycles. The fraction of sp³-hybridized carbons (Fsp3) is 0.967. The first-order valence-electron chi connectivity index (χ1n) is 14.8. The predicted octanol–water partition coefficient (Wildman–Crippen LogP) is 10.4. The van der Waals surface area contributed by atoms with Gasteiger partial charge in [0, 0.05) is 0 Å². The Morgan fingerprint density at radius 1 is 0.531 bits per heavy atom. The summed E-state index contributed by atoms with van der Waals surface area (Å²) in [6.07, 6.45) is 28.9. The van der Waals surface area contributed by atoms with Crippen molar-refractivity contribution in [2.75, 3.05) is 6.61 Å². The number of carbonyl (C=O) groups is 1. The first-order chi connectivity index (χ1) is 15.7. The summed E-state index contributed by atoms with van der Waals surface area (Å²) in [6, 6.07) is 0. The summed E-state index contributed by atoms with van der Waals surface area (Å²) in [5, 5.41) is 0. The van der Waals surface area contributed by atoms with Crippen LogP contribution in [0.1, 0.15) is 169 Å². The van der Waals surface area contributed by atoms with Crippen LogP contribution < -0.4 is 0 Å². The fourth-order valence-corrected chi connectivity index (χ4v) is 4.61. The van der Waals surface area contributed by atoms with Gasteiger partial charge >= 0.3 is 5.97 Å². The quantitative estimate of drug-likeness (QED) is 0.102. The van der Waals surface area contributed by atoms with Crippen LogP contribution >= 0.6 is 0 Å². The van der Waals surface area contributed by atoms with Gasteiger partial charge in [-0.1, -0.05) is 150 Å². The second-order valence-electron chi connectivity index (χ2n) is 10.4. The molecule has 0 aromatic rings. The molecule has 0 fully saturated rings. The Labute approximate surface area is 203 Å². The number of ether oxygens (including phenoxy) is 1. The molecule has 0 aromatic heterocycles. The predicted molar refractivity (Wildman–Crippen MR) is 142 cm³/mol. The van der Waals surface area contributed by atoms with Gasteiger partial charge in [0.2, 0.25) is 0 Å². The molecule has 0 rings (SSSR count). The van der Waals surface area contributed by atoms with Gasteiger partial charge in [0.15, 0.2) is 0 Å². The molecule has 0 heterocycles. The zero-order chi connectivity index (χ0) is 23.7.